The molecule has 2 rings (SSSR count). The number of amides is 10. The first-order valence-corrected chi connectivity index (χ1v) is 24.3. The van der Waals surface area contributed by atoms with Crippen molar-refractivity contribution in [3.63, 3.8) is 0 Å². The molecule has 0 saturated carbocycles. The van der Waals surface area contributed by atoms with Gasteiger partial charge in [0.1, 0.15) is 48.9 Å². The van der Waals surface area contributed by atoms with Crippen LogP contribution in [0.25, 0.3) is 0 Å². The van der Waals surface area contributed by atoms with Crippen LogP contribution in [0.4, 0.5) is 0 Å². The SMILES string of the molecule is CC(C)C[C@@H]1NC(=O)CNC(=O)[C@H](Cc2ccccc2)NC(=O)[C@H](C(C)C)NC(=O)[C@H](C(C)C)NC(=O)[C@H](CO)NC(=O)COCCOCCNC(=O)[C@H](CCC(N)=O)NC(=O)[C@H](CCCN=C(N)N)NC1=O. The van der Waals surface area contributed by atoms with Crippen LogP contribution < -0.4 is 65.1 Å². The molecule has 1 aliphatic heterocycles. The molecule has 73 heavy (non-hydrogen) atoms. The number of carbonyl (C=O) groups is 10. The molecule has 0 radical (unpaired) electrons. The highest BCUT2D eigenvalue weighted by Gasteiger charge is 2.35. The van der Waals surface area contributed by atoms with Crippen LogP contribution in [-0.2, 0) is 63.8 Å². The van der Waals surface area contributed by atoms with Gasteiger partial charge in [-0.05, 0) is 49.0 Å². The Morgan fingerprint density at radius 1 is 0.616 bits per heavy atom. The van der Waals surface area contributed by atoms with Crippen LogP contribution >= 0.6 is 0 Å². The second kappa shape index (κ2) is 32.9. The maximum Gasteiger partial charge on any atom is 0.246 e. The zero-order valence-corrected chi connectivity index (χ0v) is 42.6. The van der Waals surface area contributed by atoms with E-state index in [2.05, 4.69) is 52.8 Å². The van der Waals surface area contributed by atoms with Gasteiger partial charge in [0.2, 0.25) is 59.1 Å². The van der Waals surface area contributed by atoms with Crippen molar-refractivity contribution in [2.24, 2.45) is 39.9 Å². The molecule has 16 N–H and O–H groups in total. The van der Waals surface area contributed by atoms with Crippen LogP contribution in [0.15, 0.2) is 35.3 Å². The maximum atomic E-state index is 14.0. The number of rotatable bonds is 14. The summed E-state index contributed by atoms with van der Waals surface area (Å²) in [6, 6.07) is -0.513. The quantitative estimate of drug-likeness (QED) is 0.0475. The standard InChI is InChI=1S/C47H77N13O13/c1-26(2)21-32-43(68)56-30(13-10-16-52-47(49)50)42(67)57-31(14-15-35(48)62)40(65)51-17-18-72-19-20-73-25-37(64)55-34(24-61)44(69)59-39(28(5)6)46(71)60-38(27(3)4)45(70)58-33(22-29-11-8-7-9-12-29)41(66)53-23-36(63)54-32/h7-9,11-12,26-28,30-34,38-39,61H,10,13-25H2,1-6H3,(H2,48,62)(H,51,65)(H,53,66)(H,54,63)(H,55,64)(H,56,68)(H,57,67)(H,58,70)(H,59,69)(H,60,71)(H4,49,50,52)/t30-,31-,32-,33-,34-,38-,39-/m0/s1. The Labute approximate surface area is 425 Å². The molecule has 1 aromatic rings. The summed E-state index contributed by atoms with van der Waals surface area (Å²) >= 11 is 0. The lowest BCUT2D eigenvalue weighted by atomic mass is 9.98. The molecule has 0 aliphatic carbocycles. The number of carbonyl (C=O) groups excluding carboxylic acids is 10. The number of nitrogens with one attached hydrogen (secondary N) is 9. The average Bonchev–Trinajstić information content (AvgIpc) is 3.32. The van der Waals surface area contributed by atoms with Gasteiger partial charge in [-0.1, -0.05) is 71.9 Å². The third kappa shape index (κ3) is 24.4. The zero-order chi connectivity index (χ0) is 54.6. The molecule has 408 valence electrons. The third-order valence-electron chi connectivity index (χ3n) is 11.1. The lowest BCUT2D eigenvalue weighted by Crippen LogP contribution is -2.61. The Morgan fingerprint density at radius 3 is 1.74 bits per heavy atom. The summed E-state index contributed by atoms with van der Waals surface area (Å²) in [5.74, 6) is -9.37. The first kappa shape index (κ1) is 62.2. The van der Waals surface area contributed by atoms with Gasteiger partial charge in [-0.2, -0.15) is 0 Å². The Bertz CT molecular complexity index is 2040. The number of nitrogens with zero attached hydrogens (tertiary/aromatic N) is 1. The number of benzene rings is 1. The molecular weight excluding hydrogens is 955 g/mol. The maximum absolute atomic E-state index is 14.0. The first-order valence-electron chi connectivity index (χ1n) is 24.3. The summed E-state index contributed by atoms with van der Waals surface area (Å²) in [5.41, 5.74) is 17.0. The minimum atomic E-state index is -1.50. The van der Waals surface area contributed by atoms with E-state index in [-0.39, 0.29) is 83.3 Å². The molecule has 10 amide bonds. The van der Waals surface area contributed by atoms with E-state index in [0.29, 0.717) is 5.56 Å². The second-order valence-electron chi connectivity index (χ2n) is 18.5. The lowest BCUT2D eigenvalue weighted by molar-refractivity contribution is -0.137. The Balaban J connectivity index is 2.53. The van der Waals surface area contributed by atoms with Crippen molar-refractivity contribution < 1.29 is 62.5 Å². The molecule has 26 heteroatoms. The highest BCUT2D eigenvalue weighted by Crippen LogP contribution is 2.11. The van der Waals surface area contributed by atoms with E-state index in [9.17, 15) is 53.1 Å². The van der Waals surface area contributed by atoms with Crippen LogP contribution in [0.1, 0.15) is 79.2 Å². The predicted molar refractivity (Wildman–Crippen MR) is 266 cm³/mol. The van der Waals surface area contributed by atoms with Crippen molar-refractivity contribution in [2.75, 3.05) is 52.7 Å². The van der Waals surface area contributed by atoms with E-state index < -0.39 is 133 Å². The molecule has 1 aliphatic rings. The van der Waals surface area contributed by atoms with Crippen molar-refractivity contribution in [3.05, 3.63) is 35.9 Å². The van der Waals surface area contributed by atoms with E-state index >= 15 is 0 Å². The van der Waals surface area contributed by atoms with Crippen molar-refractivity contribution in [3.8, 4) is 0 Å². The zero-order valence-electron chi connectivity index (χ0n) is 42.6. The van der Waals surface area contributed by atoms with Gasteiger partial charge >= 0.3 is 0 Å². The Morgan fingerprint density at radius 2 is 1.15 bits per heavy atom. The molecule has 0 spiro atoms. The number of aliphatic hydroxyl groups is 1. The summed E-state index contributed by atoms with van der Waals surface area (Å²) in [7, 11) is 0. The van der Waals surface area contributed by atoms with Crippen molar-refractivity contribution >= 4 is 65.0 Å². The molecule has 1 heterocycles. The summed E-state index contributed by atoms with van der Waals surface area (Å²) < 4.78 is 10.8. The number of hydrogen-bond donors (Lipinski definition) is 13. The molecular formula is C47H77N13O13. The first-order chi connectivity index (χ1) is 34.5. The Hall–Kier alpha value is -6.93. The number of primary amides is 1. The highest BCUT2D eigenvalue weighted by molar-refractivity contribution is 5.98. The van der Waals surface area contributed by atoms with Crippen molar-refractivity contribution in [2.45, 2.75) is 122 Å². The van der Waals surface area contributed by atoms with E-state index in [1.165, 1.54) is 0 Å². The van der Waals surface area contributed by atoms with Crippen molar-refractivity contribution in [1.29, 1.82) is 0 Å². The van der Waals surface area contributed by atoms with Crippen LogP contribution in [0, 0.1) is 17.8 Å². The largest absolute Gasteiger partial charge is 0.394 e. The topological polar surface area (TPSA) is 408 Å². The Kier molecular flexibility index (Phi) is 28.0. The number of guanidine groups is 1. The minimum Gasteiger partial charge on any atom is -0.394 e. The number of ether oxygens (including phenoxy) is 2. The van der Waals surface area contributed by atoms with Crippen LogP contribution in [0.3, 0.4) is 0 Å². The summed E-state index contributed by atoms with van der Waals surface area (Å²) in [6.45, 7) is 7.90. The fourth-order valence-corrected chi connectivity index (χ4v) is 7.18. The molecule has 1 saturated heterocycles. The minimum absolute atomic E-state index is 0.0420. The number of nitrogens with two attached hydrogens (primary N) is 3. The lowest BCUT2D eigenvalue weighted by Gasteiger charge is -2.29. The van der Waals surface area contributed by atoms with Crippen LogP contribution in [-0.4, -0.2) is 165 Å². The molecule has 26 nitrogen and oxygen atoms in total. The van der Waals surface area contributed by atoms with Gasteiger partial charge in [-0.15, -0.1) is 0 Å². The summed E-state index contributed by atoms with van der Waals surface area (Å²) in [6.07, 6.45) is -0.337. The normalized spacial score (nSPS) is 23.9. The number of aliphatic imine (C=N–C) groups is 1. The molecule has 7 atom stereocenters. The molecule has 0 unspecified atom stereocenters. The molecule has 0 bridgehead atoms. The van der Waals surface area contributed by atoms with Gasteiger partial charge in [-0.3, -0.25) is 52.9 Å². The van der Waals surface area contributed by atoms with Gasteiger partial charge in [-0.25, -0.2) is 0 Å². The smallest absolute Gasteiger partial charge is 0.246 e. The fraction of sp³-hybridized carbons (Fsp3) is 0.638. The second-order valence-corrected chi connectivity index (χ2v) is 18.5. The van der Waals surface area contributed by atoms with Crippen LogP contribution in [0.2, 0.25) is 0 Å². The summed E-state index contributed by atoms with van der Waals surface area (Å²) in [4.78, 5) is 138. The molecule has 1 fully saturated rings. The molecule has 0 aromatic heterocycles. The van der Waals surface area contributed by atoms with Gasteiger partial charge in [0.15, 0.2) is 5.96 Å². The highest BCUT2D eigenvalue weighted by atomic mass is 16.5. The predicted octanol–water partition coefficient (Wildman–Crippen LogP) is -4.43. The van der Waals surface area contributed by atoms with E-state index in [4.69, 9.17) is 26.7 Å². The van der Waals surface area contributed by atoms with Crippen molar-refractivity contribution in [1.82, 2.24) is 47.9 Å². The van der Waals surface area contributed by atoms with E-state index in [1.54, 1.807) is 71.9 Å². The fourth-order valence-electron chi connectivity index (χ4n) is 7.18. The third-order valence-corrected chi connectivity index (χ3v) is 11.1. The van der Waals surface area contributed by atoms with Crippen LogP contribution in [0.5, 0.6) is 0 Å². The number of aliphatic hydroxyl groups excluding tert-OH is 1. The van der Waals surface area contributed by atoms with E-state index in [1.807, 2.05) is 0 Å². The monoisotopic (exact) mass is 1030 g/mol. The average molecular weight is 1030 g/mol. The van der Waals surface area contributed by atoms with Gasteiger partial charge in [0.25, 0.3) is 0 Å². The number of hydrogen-bond acceptors (Lipinski definition) is 14. The molecule has 1 aromatic carbocycles. The summed E-state index contributed by atoms with van der Waals surface area (Å²) in [5, 5.41) is 33.2. The van der Waals surface area contributed by atoms with E-state index in [0.717, 1.165) is 0 Å². The van der Waals surface area contributed by atoms with Gasteiger partial charge < -0.3 is 79.6 Å². The van der Waals surface area contributed by atoms with Gasteiger partial charge in [0, 0.05) is 25.9 Å². The van der Waals surface area contributed by atoms with Gasteiger partial charge in [0.05, 0.1) is 33.0 Å².